The maximum absolute atomic E-state index is 12.7. The van der Waals surface area contributed by atoms with E-state index in [-0.39, 0.29) is 195 Å². The standard InChI is InChI=1S/C22H12Br4O5.C20H8Br4O5.K.2Na/c1-2-30-22(29)10-6-4-3-5-9(10)15-11-7-13(23)18(27)16(25)20(11)31-21-12(15)8-14(24)19(28)17(21)26;21-11-5-9-13(7-3-1-2-4-8(7)20(27)28)10-6-12(22)17(26)15(24)19(10)29-18(9)14(23)16(11)25;;;/h3-8,27H,2H2,1H3;1-6,25H,(H,27,28);;;/q;;3*+1/p-3. The second-order valence-corrected chi connectivity index (χ2v) is 19.2. The van der Waals surface area contributed by atoms with Crippen molar-refractivity contribution in [3.05, 3.63) is 140 Å². The number of aromatic carboxylic acids is 1. The Morgan fingerprint density at radius 2 is 0.952 bits per heavy atom. The first kappa shape index (κ1) is 55.9. The van der Waals surface area contributed by atoms with E-state index in [9.17, 15) is 34.5 Å². The van der Waals surface area contributed by atoms with Crippen LogP contribution in [0, 0.1) is 0 Å². The summed E-state index contributed by atoms with van der Waals surface area (Å²) in [5.41, 5.74) is 3.29. The summed E-state index contributed by atoms with van der Waals surface area (Å²) in [6, 6.07) is 19.8. The summed E-state index contributed by atoms with van der Waals surface area (Å²) in [6.07, 6.45) is 0. The Hall–Kier alpha value is 0.276. The molecule has 0 radical (unpaired) electrons. The number of esters is 1. The average molecular weight is 1410 g/mol. The molecule has 4 aromatic rings. The zero-order valence-corrected chi connectivity index (χ0v) is 52.6. The molecular weight excluding hydrogens is 1390 g/mol. The smallest absolute Gasteiger partial charge is 0.871 e. The fraction of sp³-hybridized carbons (Fsp3) is 0.0476. The van der Waals surface area contributed by atoms with Crippen molar-refractivity contribution < 1.29 is 149 Å². The van der Waals surface area contributed by atoms with E-state index in [2.05, 4.69) is 127 Å². The Kier molecular flexibility index (Phi) is 20.6. The van der Waals surface area contributed by atoms with Crippen molar-refractivity contribution in [2.75, 3.05) is 6.61 Å². The summed E-state index contributed by atoms with van der Waals surface area (Å²) < 4.78 is 19.1. The van der Waals surface area contributed by atoms with Crippen molar-refractivity contribution in [3.8, 4) is 56.4 Å². The van der Waals surface area contributed by atoms with Crippen molar-refractivity contribution in [3.63, 3.8) is 0 Å². The molecule has 0 atom stereocenters. The number of ether oxygens (including phenoxy) is 1. The molecule has 0 spiro atoms. The van der Waals surface area contributed by atoms with Crippen LogP contribution in [0.5, 0.6) is 11.5 Å². The molecular formula is C42H17Br8KNa2O10. The maximum atomic E-state index is 12.7. The second-order valence-electron chi connectivity index (χ2n) is 12.6. The van der Waals surface area contributed by atoms with Gasteiger partial charge in [0.25, 0.3) is 0 Å². The van der Waals surface area contributed by atoms with E-state index in [0.717, 1.165) is 0 Å². The number of carbonyl (C=O) groups excluding carboxylic acids is 2. The normalized spacial score (nSPS) is 10.7. The third-order valence-corrected chi connectivity index (χ3v) is 14.4. The number of hydrogen-bond acceptors (Lipinski definition) is 10. The van der Waals surface area contributed by atoms with Crippen LogP contribution in [0.4, 0.5) is 0 Å². The fourth-order valence-electron chi connectivity index (χ4n) is 6.52. The molecule has 63 heavy (non-hydrogen) atoms. The number of carboxylic acid groups (broad SMARTS) is 1. The van der Waals surface area contributed by atoms with Gasteiger partial charge < -0.3 is 33.7 Å². The van der Waals surface area contributed by atoms with Crippen LogP contribution in [0.25, 0.3) is 66.8 Å². The average Bonchev–Trinajstić information content (AvgIpc) is 3.23. The van der Waals surface area contributed by atoms with Gasteiger partial charge in [-0.3, -0.25) is 9.59 Å². The van der Waals surface area contributed by atoms with Crippen LogP contribution in [-0.4, -0.2) is 18.5 Å². The molecule has 4 aliphatic rings. The summed E-state index contributed by atoms with van der Waals surface area (Å²) in [4.78, 5) is 49.4. The number of carbonyl (C=O) groups is 2. The Labute approximate surface area is 511 Å². The molecule has 2 aliphatic carbocycles. The van der Waals surface area contributed by atoms with E-state index in [4.69, 9.17) is 13.6 Å². The first-order valence-electron chi connectivity index (χ1n) is 16.9. The zero-order valence-electron chi connectivity index (χ0n) is 32.7. The summed E-state index contributed by atoms with van der Waals surface area (Å²) in [5, 5.41) is 37.8. The summed E-state index contributed by atoms with van der Waals surface area (Å²) in [7, 11) is 0. The Bertz CT molecular complexity index is 3200. The zero-order chi connectivity index (χ0) is 43.5. The van der Waals surface area contributed by atoms with E-state index in [1.54, 1.807) is 73.7 Å². The quantitative estimate of drug-likeness (QED) is 0.142. The molecule has 0 aromatic heterocycles. The van der Waals surface area contributed by atoms with Crippen molar-refractivity contribution in [1.29, 1.82) is 0 Å². The minimum Gasteiger partial charge on any atom is -0.871 e. The Morgan fingerprint density at radius 3 is 1.35 bits per heavy atom. The molecule has 8 rings (SSSR count). The van der Waals surface area contributed by atoms with Crippen molar-refractivity contribution in [2.24, 2.45) is 0 Å². The van der Waals surface area contributed by atoms with Crippen molar-refractivity contribution in [1.82, 2.24) is 0 Å². The van der Waals surface area contributed by atoms with Crippen LogP contribution in [0.15, 0.2) is 127 Å². The van der Waals surface area contributed by atoms with E-state index >= 15 is 0 Å². The van der Waals surface area contributed by atoms with Gasteiger partial charge in [0.1, 0.15) is 20.1 Å². The van der Waals surface area contributed by atoms with Crippen LogP contribution >= 0.6 is 127 Å². The number of halogens is 8. The van der Waals surface area contributed by atoms with Crippen molar-refractivity contribution >= 4 is 161 Å². The van der Waals surface area contributed by atoms with Gasteiger partial charge in [-0.15, -0.1) is 0 Å². The van der Waals surface area contributed by atoms with Gasteiger partial charge in [-0.25, -0.2) is 4.79 Å². The van der Waals surface area contributed by atoms with Crippen molar-refractivity contribution in [2.45, 2.75) is 6.92 Å². The van der Waals surface area contributed by atoms with Crippen LogP contribution in [-0.2, 0) is 4.74 Å². The second kappa shape index (κ2) is 23.3. The largest absolute Gasteiger partial charge is 1.00 e. The molecule has 0 N–H and O–H groups in total. The Balaban J connectivity index is 0.000000264. The third kappa shape index (κ3) is 10.7. The fourth-order valence-corrected chi connectivity index (χ4v) is 11.3. The number of benzene rings is 6. The molecule has 2 aliphatic heterocycles. The van der Waals surface area contributed by atoms with E-state index in [1.165, 1.54) is 6.07 Å². The molecule has 304 valence electrons. The number of carboxylic acids is 1. The third-order valence-electron chi connectivity index (χ3n) is 9.12. The predicted molar refractivity (Wildman–Crippen MR) is 250 cm³/mol. The molecule has 10 nitrogen and oxygen atoms in total. The molecule has 2 heterocycles. The topological polar surface area (TPSA) is 173 Å². The molecule has 0 unspecified atom stereocenters. The van der Waals surface area contributed by atoms with Crippen LogP contribution < -0.4 is 137 Å². The van der Waals surface area contributed by atoms with Gasteiger partial charge in [0.2, 0.25) is 10.9 Å². The number of rotatable bonds is 5. The first-order valence-corrected chi connectivity index (χ1v) is 23.3. The molecule has 21 heteroatoms. The maximum Gasteiger partial charge on any atom is 1.00 e. The SMILES string of the molecule is CCOC(=O)c1ccccc1-c1c2cc(Br)c(=O)c(Br)c-2oc2c(Br)c([O-])c(Br)cc12.O=C([O-])c1ccccc1-c1c2cc(Br)c(=O)c(Br)c-2oc2c(Br)c([O-])c(Br)cc12.[K+].[Na+].[Na+]. The van der Waals surface area contributed by atoms with Crippen LogP contribution in [0.1, 0.15) is 27.6 Å². The summed E-state index contributed by atoms with van der Waals surface area (Å²) in [5.74, 6) is -2.00. The van der Waals surface area contributed by atoms with Gasteiger partial charge in [-0.1, -0.05) is 85.8 Å². The minimum atomic E-state index is -1.35. The molecule has 0 saturated heterocycles. The summed E-state index contributed by atoms with van der Waals surface area (Å²) in [6.45, 7) is 1.97. The monoisotopic (exact) mass is 1400 g/mol. The number of hydrogen-bond donors (Lipinski definition) is 0. The van der Waals surface area contributed by atoms with E-state index in [0.29, 0.717) is 58.7 Å². The molecule has 4 aromatic carbocycles. The van der Waals surface area contributed by atoms with Crippen LogP contribution in [0.3, 0.4) is 0 Å². The molecule has 0 bridgehead atoms. The Morgan fingerprint density at radius 1 is 0.571 bits per heavy atom. The van der Waals surface area contributed by atoms with Gasteiger partial charge in [0.15, 0.2) is 11.5 Å². The van der Waals surface area contributed by atoms with E-state index < -0.39 is 11.9 Å². The molecule has 0 amide bonds. The van der Waals surface area contributed by atoms with Gasteiger partial charge in [0, 0.05) is 47.5 Å². The minimum absolute atomic E-state index is 0. The summed E-state index contributed by atoms with van der Waals surface area (Å²) >= 11 is 26.3. The first-order chi connectivity index (χ1) is 28.5. The van der Waals surface area contributed by atoms with Gasteiger partial charge in [-0.2, -0.15) is 0 Å². The molecule has 0 fully saturated rings. The van der Waals surface area contributed by atoms with Gasteiger partial charge in [-0.05, 0) is 144 Å². The van der Waals surface area contributed by atoms with E-state index in [1.807, 2.05) is 0 Å². The molecule has 0 saturated carbocycles. The number of fused-ring (bicyclic) bond motifs is 4. The van der Waals surface area contributed by atoms with Gasteiger partial charge in [0.05, 0.1) is 36.0 Å². The predicted octanol–water partition coefficient (Wildman–Crippen LogP) is 2.93. The van der Waals surface area contributed by atoms with Gasteiger partial charge >= 0.3 is 116 Å². The van der Waals surface area contributed by atoms with Crippen LogP contribution in [0.2, 0.25) is 0 Å².